The Morgan fingerprint density at radius 1 is 1.17 bits per heavy atom. The van der Waals surface area contributed by atoms with Crippen LogP contribution in [0.2, 0.25) is 0 Å². The average Bonchev–Trinajstić information content (AvgIpc) is 3.07. The number of carbonyl (C=O) groups excluding carboxylic acids is 1. The zero-order valence-electron chi connectivity index (χ0n) is 13.0. The van der Waals surface area contributed by atoms with Crippen molar-refractivity contribution in [3.05, 3.63) is 29.8 Å². The van der Waals surface area contributed by atoms with E-state index in [0.717, 1.165) is 50.3 Å². The highest BCUT2D eigenvalue weighted by atomic mass is 32.2. The first-order valence-corrected chi connectivity index (χ1v) is 10.7. The van der Waals surface area contributed by atoms with Crippen LogP contribution in [0.25, 0.3) is 0 Å². The normalized spacial score (nSPS) is 19.9. The Bertz CT molecular complexity index is 664. The van der Waals surface area contributed by atoms with Gasteiger partial charge in [-0.05, 0) is 31.0 Å². The molecule has 5 nitrogen and oxygen atoms in total. The molecule has 0 aromatic heterocycles. The Hall–Kier alpha value is -1.05. The topological polar surface area (TPSA) is 66.5 Å². The summed E-state index contributed by atoms with van der Waals surface area (Å²) in [4.78, 5) is 14.5. The van der Waals surface area contributed by atoms with Crippen molar-refractivity contribution in [1.29, 1.82) is 0 Å². The maximum atomic E-state index is 12.5. The molecule has 0 radical (unpaired) electrons. The Morgan fingerprint density at radius 3 is 2.57 bits per heavy atom. The van der Waals surface area contributed by atoms with E-state index < -0.39 is 10.0 Å². The van der Waals surface area contributed by atoms with Crippen LogP contribution in [0.5, 0.6) is 0 Å². The Labute approximate surface area is 141 Å². The van der Waals surface area contributed by atoms with Gasteiger partial charge in [-0.2, -0.15) is 11.8 Å². The van der Waals surface area contributed by atoms with Crippen LogP contribution in [0.4, 0.5) is 0 Å². The molecule has 3 rings (SSSR count). The molecule has 2 fully saturated rings. The lowest BCUT2D eigenvalue weighted by atomic mass is 10.2. The third-order valence-corrected chi connectivity index (χ3v) is 6.83. The van der Waals surface area contributed by atoms with Gasteiger partial charge in [0.05, 0.1) is 4.90 Å². The zero-order valence-corrected chi connectivity index (χ0v) is 14.7. The van der Waals surface area contributed by atoms with Gasteiger partial charge in [0.2, 0.25) is 10.0 Å². The van der Waals surface area contributed by atoms with Gasteiger partial charge >= 0.3 is 0 Å². The molecule has 1 N–H and O–H groups in total. The molecule has 1 aromatic carbocycles. The molecule has 1 saturated heterocycles. The summed E-state index contributed by atoms with van der Waals surface area (Å²) in [5, 5.41) is 0. The number of nitrogens with zero attached hydrogens (tertiary/aromatic N) is 1. The zero-order chi connectivity index (χ0) is 16.3. The van der Waals surface area contributed by atoms with Crippen molar-refractivity contribution < 1.29 is 13.2 Å². The van der Waals surface area contributed by atoms with Crippen LogP contribution < -0.4 is 4.72 Å². The second kappa shape index (κ2) is 7.23. The molecule has 1 aliphatic carbocycles. The standard InChI is InChI=1S/C16H22N2O3S2/c19-16(18-8-10-22-11-9-18)13-4-3-7-15(12-13)23(20,21)17-14-5-1-2-6-14/h3-4,7,12,14,17H,1-2,5-6,8-11H2. The largest absolute Gasteiger partial charge is 0.337 e. The predicted octanol–water partition coefficient (Wildman–Crippen LogP) is 2.10. The second-order valence-corrected chi connectivity index (χ2v) is 8.97. The van der Waals surface area contributed by atoms with E-state index in [1.54, 1.807) is 23.1 Å². The molecule has 1 amide bonds. The highest BCUT2D eigenvalue weighted by Crippen LogP contribution is 2.21. The number of thioether (sulfide) groups is 1. The summed E-state index contributed by atoms with van der Waals surface area (Å²) in [7, 11) is -3.56. The smallest absolute Gasteiger partial charge is 0.253 e. The van der Waals surface area contributed by atoms with Crippen molar-refractivity contribution >= 4 is 27.7 Å². The minimum absolute atomic E-state index is 0.0264. The van der Waals surface area contributed by atoms with Crippen molar-refractivity contribution in [2.75, 3.05) is 24.6 Å². The van der Waals surface area contributed by atoms with E-state index in [2.05, 4.69) is 4.72 Å². The summed E-state index contributed by atoms with van der Waals surface area (Å²) in [5.74, 6) is 1.79. The summed E-state index contributed by atoms with van der Waals surface area (Å²) in [5.41, 5.74) is 0.450. The van der Waals surface area contributed by atoms with E-state index in [-0.39, 0.29) is 16.8 Å². The molecule has 0 spiro atoms. The van der Waals surface area contributed by atoms with Crippen LogP contribution in [0.15, 0.2) is 29.2 Å². The lowest BCUT2D eigenvalue weighted by molar-refractivity contribution is 0.0772. The Balaban J connectivity index is 1.77. The van der Waals surface area contributed by atoms with Crippen LogP contribution in [0.3, 0.4) is 0 Å². The first-order valence-electron chi connectivity index (χ1n) is 8.06. The number of amides is 1. The van der Waals surface area contributed by atoms with Crippen molar-refractivity contribution in [3.8, 4) is 0 Å². The minimum atomic E-state index is -3.56. The molecule has 0 atom stereocenters. The number of hydrogen-bond acceptors (Lipinski definition) is 4. The highest BCUT2D eigenvalue weighted by molar-refractivity contribution is 7.99. The van der Waals surface area contributed by atoms with Crippen LogP contribution in [-0.2, 0) is 10.0 Å². The van der Waals surface area contributed by atoms with Crippen LogP contribution >= 0.6 is 11.8 Å². The van der Waals surface area contributed by atoms with Gasteiger partial charge in [-0.3, -0.25) is 4.79 Å². The van der Waals surface area contributed by atoms with Gasteiger partial charge in [-0.25, -0.2) is 13.1 Å². The molecule has 2 aliphatic rings. The van der Waals surface area contributed by atoms with E-state index in [1.807, 2.05) is 11.8 Å². The van der Waals surface area contributed by atoms with Crippen LogP contribution in [-0.4, -0.2) is 49.9 Å². The molecular weight excluding hydrogens is 332 g/mol. The molecule has 0 unspecified atom stereocenters. The molecular formula is C16H22N2O3S2. The highest BCUT2D eigenvalue weighted by Gasteiger charge is 2.24. The van der Waals surface area contributed by atoms with E-state index in [9.17, 15) is 13.2 Å². The predicted molar refractivity (Wildman–Crippen MR) is 92.2 cm³/mol. The van der Waals surface area contributed by atoms with Gasteiger partial charge in [0, 0.05) is 36.2 Å². The molecule has 1 heterocycles. The third kappa shape index (κ3) is 4.08. The maximum absolute atomic E-state index is 12.5. The monoisotopic (exact) mass is 354 g/mol. The van der Waals surface area contributed by atoms with E-state index >= 15 is 0 Å². The summed E-state index contributed by atoms with van der Waals surface area (Å²) >= 11 is 1.84. The van der Waals surface area contributed by atoms with Crippen molar-refractivity contribution in [2.45, 2.75) is 36.6 Å². The SMILES string of the molecule is O=C(c1cccc(S(=O)(=O)NC2CCCC2)c1)N1CCSCC1. The van der Waals surface area contributed by atoms with Crippen LogP contribution in [0.1, 0.15) is 36.0 Å². The summed E-state index contributed by atoms with van der Waals surface area (Å²) in [6.45, 7) is 1.45. The molecule has 1 aromatic rings. The average molecular weight is 354 g/mol. The molecule has 126 valence electrons. The quantitative estimate of drug-likeness (QED) is 0.899. The molecule has 7 heteroatoms. The molecule has 1 aliphatic heterocycles. The van der Waals surface area contributed by atoms with Crippen LogP contribution in [0, 0.1) is 0 Å². The molecule has 1 saturated carbocycles. The fourth-order valence-electron chi connectivity index (χ4n) is 3.08. The fourth-order valence-corrected chi connectivity index (χ4v) is 5.33. The maximum Gasteiger partial charge on any atom is 0.253 e. The van der Waals surface area contributed by atoms with E-state index in [0.29, 0.717) is 5.56 Å². The molecule has 0 bridgehead atoms. The second-order valence-electron chi connectivity index (χ2n) is 6.04. The van der Waals surface area contributed by atoms with Crippen molar-refractivity contribution in [1.82, 2.24) is 9.62 Å². The van der Waals surface area contributed by atoms with Gasteiger partial charge in [-0.1, -0.05) is 18.9 Å². The number of nitrogens with one attached hydrogen (secondary N) is 1. The summed E-state index contributed by atoms with van der Waals surface area (Å²) in [6.07, 6.45) is 3.92. The Morgan fingerprint density at radius 2 is 1.87 bits per heavy atom. The number of sulfonamides is 1. The summed E-state index contributed by atoms with van der Waals surface area (Å²) in [6, 6.07) is 6.42. The fraction of sp³-hybridized carbons (Fsp3) is 0.562. The lowest BCUT2D eigenvalue weighted by Gasteiger charge is -2.26. The van der Waals surface area contributed by atoms with Crippen molar-refractivity contribution in [2.24, 2.45) is 0 Å². The van der Waals surface area contributed by atoms with Gasteiger partial charge < -0.3 is 4.90 Å². The van der Waals surface area contributed by atoms with Gasteiger partial charge in [0.15, 0.2) is 0 Å². The van der Waals surface area contributed by atoms with Gasteiger partial charge in [0.1, 0.15) is 0 Å². The number of hydrogen-bond donors (Lipinski definition) is 1. The van der Waals surface area contributed by atoms with Gasteiger partial charge in [-0.15, -0.1) is 0 Å². The minimum Gasteiger partial charge on any atom is -0.337 e. The number of rotatable bonds is 4. The third-order valence-electron chi connectivity index (χ3n) is 4.37. The van der Waals surface area contributed by atoms with Gasteiger partial charge in [0.25, 0.3) is 5.91 Å². The number of carbonyl (C=O) groups is 1. The lowest BCUT2D eigenvalue weighted by Crippen LogP contribution is -2.38. The van der Waals surface area contributed by atoms with E-state index in [1.165, 1.54) is 6.07 Å². The van der Waals surface area contributed by atoms with Crippen molar-refractivity contribution in [3.63, 3.8) is 0 Å². The molecule has 23 heavy (non-hydrogen) atoms. The first-order chi connectivity index (χ1) is 11.1. The number of benzene rings is 1. The summed E-state index contributed by atoms with van der Waals surface area (Å²) < 4.78 is 27.8. The Kier molecular flexibility index (Phi) is 5.28. The first kappa shape index (κ1) is 16.8. The van der Waals surface area contributed by atoms with E-state index in [4.69, 9.17) is 0 Å².